The van der Waals surface area contributed by atoms with Gasteiger partial charge in [-0.25, -0.2) is 4.79 Å². The maximum atomic E-state index is 12.8. The summed E-state index contributed by atoms with van der Waals surface area (Å²) >= 11 is 6.24. The first-order chi connectivity index (χ1) is 13.3. The number of hydrogen-bond donors (Lipinski definition) is 2. The van der Waals surface area contributed by atoms with Gasteiger partial charge in [0.2, 0.25) is 5.91 Å². The fraction of sp³-hybridized carbons (Fsp3) is 0.350. The van der Waals surface area contributed by atoms with E-state index in [1.165, 1.54) is 0 Å². The average molecular weight is 404 g/mol. The van der Waals surface area contributed by atoms with Gasteiger partial charge in [0.1, 0.15) is 5.69 Å². The lowest BCUT2D eigenvalue weighted by atomic mass is 10.1. The number of halogens is 1. The number of esters is 1. The molecule has 2 aromatic rings. The number of H-pyrrole nitrogens is 1. The fourth-order valence-electron chi connectivity index (χ4n) is 3.37. The third-order valence-electron chi connectivity index (χ3n) is 4.73. The first-order valence-corrected chi connectivity index (χ1v) is 9.48. The summed E-state index contributed by atoms with van der Waals surface area (Å²) in [5, 5.41) is 3.12. The summed E-state index contributed by atoms with van der Waals surface area (Å²) in [5.41, 5.74) is 2.77. The number of anilines is 2. The van der Waals surface area contributed by atoms with Crippen LogP contribution in [0, 0.1) is 13.8 Å². The topological polar surface area (TPSA) is 91.5 Å². The lowest BCUT2D eigenvalue weighted by Crippen LogP contribution is -2.24. The second-order valence-corrected chi connectivity index (χ2v) is 7.02. The van der Waals surface area contributed by atoms with Crippen LogP contribution >= 0.6 is 11.6 Å². The molecule has 1 fully saturated rings. The normalized spacial score (nSPS) is 13.7. The molecule has 0 aliphatic carbocycles. The number of carbonyl (C=O) groups is 3. The van der Waals surface area contributed by atoms with Crippen LogP contribution in [0.5, 0.6) is 0 Å². The lowest BCUT2D eigenvalue weighted by molar-refractivity contribution is -0.117. The second kappa shape index (κ2) is 8.06. The third kappa shape index (κ3) is 3.75. The molecule has 2 N–H and O–H groups in total. The number of hydrogen-bond acceptors (Lipinski definition) is 4. The maximum Gasteiger partial charge on any atom is 0.340 e. The van der Waals surface area contributed by atoms with Crippen LogP contribution in [0.3, 0.4) is 0 Å². The van der Waals surface area contributed by atoms with E-state index in [1.54, 1.807) is 43.9 Å². The van der Waals surface area contributed by atoms with Crippen molar-refractivity contribution >= 4 is 40.8 Å². The highest BCUT2D eigenvalue weighted by Gasteiger charge is 2.25. The molecule has 1 aliphatic rings. The Hall–Kier alpha value is -2.80. The SMILES string of the molecule is CCOC(=O)c1c(C)[nH]c(C(=O)Nc2cc(N3CCCC3=O)ccc2Cl)c1C. The van der Waals surface area contributed by atoms with E-state index in [0.29, 0.717) is 46.2 Å². The number of nitrogens with one attached hydrogen (secondary N) is 2. The summed E-state index contributed by atoms with van der Waals surface area (Å²) in [6.45, 7) is 6.02. The van der Waals surface area contributed by atoms with E-state index in [1.807, 2.05) is 0 Å². The molecule has 0 radical (unpaired) electrons. The molecule has 148 valence electrons. The van der Waals surface area contributed by atoms with Crippen molar-refractivity contribution in [2.75, 3.05) is 23.4 Å². The van der Waals surface area contributed by atoms with Crippen LogP contribution in [0.2, 0.25) is 5.02 Å². The molecule has 0 bridgehead atoms. The molecule has 0 atom stereocenters. The van der Waals surface area contributed by atoms with Crippen molar-refractivity contribution in [3.8, 4) is 0 Å². The van der Waals surface area contributed by atoms with E-state index < -0.39 is 11.9 Å². The largest absolute Gasteiger partial charge is 0.462 e. The number of benzene rings is 1. The van der Waals surface area contributed by atoms with Gasteiger partial charge in [-0.05, 0) is 51.0 Å². The van der Waals surface area contributed by atoms with Gasteiger partial charge in [-0.2, -0.15) is 0 Å². The highest BCUT2D eigenvalue weighted by molar-refractivity contribution is 6.34. The number of nitrogens with zero attached hydrogens (tertiary/aromatic N) is 1. The van der Waals surface area contributed by atoms with E-state index in [0.717, 1.165) is 6.42 Å². The fourth-order valence-corrected chi connectivity index (χ4v) is 3.53. The van der Waals surface area contributed by atoms with E-state index in [-0.39, 0.29) is 18.2 Å². The number of aromatic amines is 1. The Labute approximate surface area is 168 Å². The molecule has 2 heterocycles. The molecule has 1 saturated heterocycles. The van der Waals surface area contributed by atoms with Crippen LogP contribution in [0.1, 0.15) is 51.9 Å². The Balaban J connectivity index is 1.86. The first kappa shape index (κ1) is 19.9. The van der Waals surface area contributed by atoms with Gasteiger partial charge in [-0.1, -0.05) is 11.6 Å². The molecule has 0 unspecified atom stereocenters. The highest BCUT2D eigenvalue weighted by atomic mass is 35.5. The minimum atomic E-state index is -0.472. The number of rotatable bonds is 5. The van der Waals surface area contributed by atoms with Crippen molar-refractivity contribution in [2.45, 2.75) is 33.6 Å². The summed E-state index contributed by atoms with van der Waals surface area (Å²) in [5.74, 6) is -0.849. The minimum absolute atomic E-state index is 0.0505. The Morgan fingerprint density at radius 2 is 2.07 bits per heavy atom. The Morgan fingerprint density at radius 3 is 2.71 bits per heavy atom. The van der Waals surface area contributed by atoms with Gasteiger partial charge < -0.3 is 19.9 Å². The Bertz CT molecular complexity index is 951. The van der Waals surface area contributed by atoms with Crippen molar-refractivity contribution in [3.63, 3.8) is 0 Å². The first-order valence-electron chi connectivity index (χ1n) is 9.11. The molecule has 2 amide bonds. The molecular formula is C20H22ClN3O4. The zero-order valence-electron chi connectivity index (χ0n) is 16.0. The Morgan fingerprint density at radius 1 is 1.32 bits per heavy atom. The van der Waals surface area contributed by atoms with Crippen molar-refractivity contribution in [2.24, 2.45) is 0 Å². The zero-order valence-corrected chi connectivity index (χ0v) is 16.8. The second-order valence-electron chi connectivity index (χ2n) is 6.61. The number of ether oxygens (including phenoxy) is 1. The van der Waals surface area contributed by atoms with Crippen LogP contribution in [-0.2, 0) is 9.53 Å². The molecule has 3 rings (SSSR count). The van der Waals surface area contributed by atoms with Gasteiger partial charge in [-0.3, -0.25) is 9.59 Å². The summed E-state index contributed by atoms with van der Waals surface area (Å²) in [6, 6.07) is 5.08. The van der Waals surface area contributed by atoms with Gasteiger partial charge in [0.25, 0.3) is 5.91 Å². The van der Waals surface area contributed by atoms with Crippen LogP contribution < -0.4 is 10.2 Å². The van der Waals surface area contributed by atoms with Crippen LogP contribution in [0.4, 0.5) is 11.4 Å². The molecule has 0 spiro atoms. The average Bonchev–Trinajstić information content (AvgIpc) is 3.20. The summed E-state index contributed by atoms with van der Waals surface area (Å²) in [6.07, 6.45) is 1.32. The summed E-state index contributed by atoms with van der Waals surface area (Å²) < 4.78 is 5.05. The van der Waals surface area contributed by atoms with Crippen LogP contribution in [-0.4, -0.2) is 35.9 Å². The zero-order chi connectivity index (χ0) is 20.4. The van der Waals surface area contributed by atoms with Crippen molar-refractivity contribution in [3.05, 3.63) is 45.7 Å². The lowest BCUT2D eigenvalue weighted by Gasteiger charge is -2.17. The summed E-state index contributed by atoms with van der Waals surface area (Å²) in [7, 11) is 0. The number of carbonyl (C=O) groups excluding carboxylic acids is 3. The molecule has 28 heavy (non-hydrogen) atoms. The molecular weight excluding hydrogens is 382 g/mol. The highest BCUT2D eigenvalue weighted by Crippen LogP contribution is 2.30. The van der Waals surface area contributed by atoms with Crippen molar-refractivity contribution < 1.29 is 19.1 Å². The van der Waals surface area contributed by atoms with Gasteiger partial charge >= 0.3 is 5.97 Å². The molecule has 0 saturated carbocycles. The van der Waals surface area contributed by atoms with Gasteiger partial charge in [0, 0.05) is 24.3 Å². The van der Waals surface area contributed by atoms with E-state index in [4.69, 9.17) is 16.3 Å². The number of aryl methyl sites for hydroxylation is 1. The van der Waals surface area contributed by atoms with Crippen LogP contribution in [0.15, 0.2) is 18.2 Å². The smallest absolute Gasteiger partial charge is 0.340 e. The molecule has 1 aromatic heterocycles. The molecule has 1 aliphatic heterocycles. The van der Waals surface area contributed by atoms with Gasteiger partial charge in [0.05, 0.1) is 22.9 Å². The van der Waals surface area contributed by atoms with E-state index in [2.05, 4.69) is 10.3 Å². The van der Waals surface area contributed by atoms with E-state index >= 15 is 0 Å². The minimum Gasteiger partial charge on any atom is -0.462 e. The number of aromatic nitrogens is 1. The van der Waals surface area contributed by atoms with Crippen molar-refractivity contribution in [1.29, 1.82) is 0 Å². The number of amides is 2. The predicted molar refractivity (Wildman–Crippen MR) is 107 cm³/mol. The monoisotopic (exact) mass is 403 g/mol. The Kier molecular flexibility index (Phi) is 5.74. The predicted octanol–water partition coefficient (Wildman–Crippen LogP) is 3.84. The molecule has 7 nitrogen and oxygen atoms in total. The van der Waals surface area contributed by atoms with Gasteiger partial charge in [-0.15, -0.1) is 0 Å². The van der Waals surface area contributed by atoms with Crippen LogP contribution in [0.25, 0.3) is 0 Å². The quantitative estimate of drug-likeness (QED) is 0.742. The van der Waals surface area contributed by atoms with Crippen molar-refractivity contribution in [1.82, 2.24) is 4.98 Å². The maximum absolute atomic E-state index is 12.8. The molecule has 1 aromatic carbocycles. The standard InChI is InChI=1S/C20H22ClN3O4/c1-4-28-20(27)17-11(2)18(22-12(17)3)19(26)23-15-10-13(7-8-14(15)21)24-9-5-6-16(24)25/h7-8,10,22H,4-6,9H2,1-3H3,(H,23,26). The molecule has 8 heteroatoms. The third-order valence-corrected chi connectivity index (χ3v) is 5.06. The van der Waals surface area contributed by atoms with E-state index in [9.17, 15) is 14.4 Å². The van der Waals surface area contributed by atoms with Gasteiger partial charge in [0.15, 0.2) is 0 Å². The summed E-state index contributed by atoms with van der Waals surface area (Å²) in [4.78, 5) is 41.5.